The molecule has 1 fully saturated rings. The van der Waals surface area contributed by atoms with E-state index >= 15 is 0 Å². The Balaban J connectivity index is 1.65. The van der Waals surface area contributed by atoms with Crippen LogP contribution in [0.4, 0.5) is 5.13 Å². The minimum Gasteiger partial charge on any atom is -0.379 e. The number of carbonyl (C=O) groups is 1. The lowest BCUT2D eigenvalue weighted by atomic mass is 10.2. The first-order chi connectivity index (χ1) is 15.4. The van der Waals surface area contributed by atoms with Crippen LogP contribution in [0, 0.1) is 0 Å². The molecule has 3 aromatic rings. The van der Waals surface area contributed by atoms with Crippen LogP contribution in [0.3, 0.4) is 0 Å². The summed E-state index contributed by atoms with van der Waals surface area (Å²) in [6.45, 7) is 4.14. The fourth-order valence-electron chi connectivity index (χ4n) is 3.51. The summed E-state index contributed by atoms with van der Waals surface area (Å²) in [7, 11) is -3.43. The Kier molecular flexibility index (Phi) is 7.00. The second kappa shape index (κ2) is 9.91. The Labute approximate surface area is 191 Å². The smallest absolute Gasteiger partial charge is 0.252 e. The normalized spacial score (nSPS) is 15.4. The van der Waals surface area contributed by atoms with E-state index < -0.39 is 9.84 Å². The summed E-state index contributed by atoms with van der Waals surface area (Å²) in [5.41, 5.74) is 1.34. The lowest BCUT2D eigenvalue weighted by molar-refractivity contribution is -0.114. The van der Waals surface area contributed by atoms with Crippen LogP contribution in [0.2, 0.25) is 0 Å². The number of fused-ring (bicyclic) bond motifs is 1. The number of benzene rings is 2. The van der Waals surface area contributed by atoms with Gasteiger partial charge >= 0.3 is 0 Å². The van der Waals surface area contributed by atoms with Crippen molar-refractivity contribution in [3.05, 3.63) is 60.2 Å². The minimum absolute atomic E-state index is 0.179. The number of nitrogens with zero attached hydrogens (tertiary/aromatic N) is 3. The molecule has 1 aromatic heterocycles. The molecule has 7 nitrogen and oxygen atoms in total. The Morgan fingerprint density at radius 2 is 1.91 bits per heavy atom. The van der Waals surface area contributed by atoms with Crippen LogP contribution in [-0.4, -0.2) is 69.9 Å². The Hall–Kier alpha value is -2.59. The highest BCUT2D eigenvalue weighted by Gasteiger charge is 2.22. The fourth-order valence-corrected chi connectivity index (χ4v) is 5.44. The molecule has 1 saturated heterocycles. The van der Waals surface area contributed by atoms with Crippen molar-refractivity contribution in [1.29, 1.82) is 0 Å². The van der Waals surface area contributed by atoms with Crippen molar-refractivity contribution in [2.45, 2.75) is 4.90 Å². The minimum atomic E-state index is -3.43. The Morgan fingerprint density at radius 1 is 1.16 bits per heavy atom. The van der Waals surface area contributed by atoms with Crippen molar-refractivity contribution >= 4 is 48.5 Å². The average Bonchev–Trinajstić information content (AvgIpc) is 3.22. The zero-order chi connectivity index (χ0) is 22.6. The maximum absolute atomic E-state index is 13.2. The van der Waals surface area contributed by atoms with E-state index in [-0.39, 0.29) is 10.8 Å². The summed E-state index contributed by atoms with van der Waals surface area (Å²) in [5.74, 6) is -0.193. The summed E-state index contributed by atoms with van der Waals surface area (Å²) in [4.78, 5) is 21.8. The predicted molar refractivity (Wildman–Crippen MR) is 128 cm³/mol. The Bertz CT molecular complexity index is 1220. The highest BCUT2D eigenvalue weighted by atomic mass is 32.2. The van der Waals surface area contributed by atoms with Crippen molar-refractivity contribution in [1.82, 2.24) is 9.88 Å². The number of hydrogen-bond donors (Lipinski definition) is 0. The Morgan fingerprint density at radius 3 is 2.62 bits per heavy atom. The molecular formula is C23H25N3O4S2. The molecule has 0 aliphatic carbocycles. The molecule has 0 saturated carbocycles. The van der Waals surface area contributed by atoms with E-state index in [1.165, 1.54) is 23.7 Å². The molecule has 32 heavy (non-hydrogen) atoms. The lowest BCUT2D eigenvalue weighted by Crippen LogP contribution is -2.42. The molecule has 0 unspecified atom stereocenters. The van der Waals surface area contributed by atoms with Crippen molar-refractivity contribution in [3.63, 3.8) is 0 Å². The van der Waals surface area contributed by atoms with Crippen molar-refractivity contribution in [2.75, 3.05) is 50.5 Å². The SMILES string of the molecule is CS(=O)(=O)c1cccc2sc(N(CCN3CCOCC3)C(=O)/C=C/c3ccccc3)nc12. The van der Waals surface area contributed by atoms with E-state index in [0.29, 0.717) is 37.0 Å². The summed E-state index contributed by atoms with van der Waals surface area (Å²) in [6.07, 6.45) is 4.49. The second-order valence-corrected chi connectivity index (χ2v) is 10.6. The van der Waals surface area contributed by atoms with E-state index in [9.17, 15) is 13.2 Å². The van der Waals surface area contributed by atoms with Crippen LogP contribution in [-0.2, 0) is 19.4 Å². The van der Waals surface area contributed by atoms with Gasteiger partial charge < -0.3 is 4.74 Å². The second-order valence-electron chi connectivity index (χ2n) is 7.56. The highest BCUT2D eigenvalue weighted by Crippen LogP contribution is 2.32. The van der Waals surface area contributed by atoms with E-state index in [1.807, 2.05) is 36.4 Å². The van der Waals surface area contributed by atoms with Crippen LogP contribution in [0.5, 0.6) is 0 Å². The number of hydrogen-bond acceptors (Lipinski definition) is 7. The van der Waals surface area contributed by atoms with Crippen LogP contribution in [0.25, 0.3) is 16.3 Å². The summed E-state index contributed by atoms with van der Waals surface area (Å²) in [6, 6.07) is 14.7. The first kappa shape index (κ1) is 22.6. The number of para-hydroxylation sites is 1. The molecule has 2 aromatic carbocycles. The third-order valence-corrected chi connectivity index (χ3v) is 7.40. The topological polar surface area (TPSA) is 79.8 Å². The number of ether oxygens (including phenoxy) is 1. The number of carbonyl (C=O) groups excluding carboxylic acids is 1. The highest BCUT2D eigenvalue weighted by molar-refractivity contribution is 7.91. The molecular weight excluding hydrogens is 446 g/mol. The van der Waals surface area contributed by atoms with Crippen molar-refractivity contribution < 1.29 is 17.9 Å². The van der Waals surface area contributed by atoms with Crippen LogP contribution in [0.15, 0.2) is 59.5 Å². The van der Waals surface area contributed by atoms with Gasteiger partial charge in [-0.3, -0.25) is 14.6 Å². The van der Waals surface area contributed by atoms with Gasteiger partial charge in [-0.05, 0) is 23.8 Å². The number of sulfone groups is 1. The molecule has 168 valence electrons. The van der Waals surface area contributed by atoms with Gasteiger partial charge in [0.15, 0.2) is 15.0 Å². The van der Waals surface area contributed by atoms with E-state index in [0.717, 1.165) is 23.4 Å². The van der Waals surface area contributed by atoms with Gasteiger partial charge in [-0.25, -0.2) is 13.4 Å². The zero-order valence-electron chi connectivity index (χ0n) is 17.8. The standard InChI is InChI=1S/C23H25N3O4S2/c1-32(28,29)20-9-5-8-19-22(20)24-23(31-19)26(13-12-25-14-16-30-17-15-25)21(27)11-10-18-6-3-2-4-7-18/h2-11H,12-17H2,1H3/b11-10+. The molecule has 1 amide bonds. The van der Waals surface area contributed by atoms with Gasteiger partial charge in [-0.15, -0.1) is 0 Å². The van der Waals surface area contributed by atoms with Gasteiger partial charge in [-0.1, -0.05) is 47.7 Å². The van der Waals surface area contributed by atoms with Crippen molar-refractivity contribution in [2.24, 2.45) is 0 Å². The zero-order valence-corrected chi connectivity index (χ0v) is 19.4. The van der Waals surface area contributed by atoms with Gasteiger partial charge in [0.05, 0.1) is 22.8 Å². The summed E-state index contributed by atoms with van der Waals surface area (Å²) >= 11 is 1.32. The van der Waals surface area contributed by atoms with Crippen LogP contribution in [0.1, 0.15) is 5.56 Å². The molecule has 0 atom stereocenters. The van der Waals surface area contributed by atoms with E-state index in [1.54, 1.807) is 23.1 Å². The monoisotopic (exact) mass is 471 g/mol. The molecule has 0 spiro atoms. The molecule has 9 heteroatoms. The quantitative estimate of drug-likeness (QED) is 0.493. The first-order valence-electron chi connectivity index (χ1n) is 10.4. The van der Waals surface area contributed by atoms with Gasteiger partial charge in [0.1, 0.15) is 5.52 Å². The number of anilines is 1. The molecule has 0 bridgehead atoms. The average molecular weight is 472 g/mol. The predicted octanol–water partition coefficient (Wildman–Crippen LogP) is 3.08. The third kappa shape index (κ3) is 5.42. The third-order valence-electron chi connectivity index (χ3n) is 5.23. The summed E-state index contributed by atoms with van der Waals surface area (Å²) < 4.78 is 30.6. The largest absolute Gasteiger partial charge is 0.379 e. The fraction of sp³-hybridized carbons (Fsp3) is 0.304. The maximum atomic E-state index is 13.2. The van der Waals surface area contributed by atoms with Crippen LogP contribution >= 0.6 is 11.3 Å². The summed E-state index contributed by atoms with van der Waals surface area (Å²) in [5, 5.41) is 0.493. The molecule has 1 aliphatic heterocycles. The van der Waals surface area contributed by atoms with Gasteiger partial charge in [0.2, 0.25) is 0 Å². The van der Waals surface area contributed by atoms with Gasteiger partial charge in [-0.2, -0.15) is 0 Å². The first-order valence-corrected chi connectivity index (χ1v) is 13.1. The van der Waals surface area contributed by atoms with E-state index in [2.05, 4.69) is 9.88 Å². The molecule has 0 N–H and O–H groups in total. The van der Waals surface area contributed by atoms with Gasteiger partial charge in [0, 0.05) is 38.5 Å². The van der Waals surface area contributed by atoms with Gasteiger partial charge in [0.25, 0.3) is 5.91 Å². The number of thiazole rings is 1. The molecule has 1 aliphatic rings. The number of rotatable bonds is 7. The molecule has 0 radical (unpaired) electrons. The lowest BCUT2D eigenvalue weighted by Gasteiger charge is -2.28. The van der Waals surface area contributed by atoms with E-state index in [4.69, 9.17) is 4.74 Å². The number of amides is 1. The maximum Gasteiger partial charge on any atom is 0.252 e. The van der Waals surface area contributed by atoms with Crippen LogP contribution < -0.4 is 4.90 Å². The molecule has 2 heterocycles. The molecule has 4 rings (SSSR count). The number of aromatic nitrogens is 1. The van der Waals surface area contributed by atoms with Crippen molar-refractivity contribution in [3.8, 4) is 0 Å². The number of morpholine rings is 1.